The molecule has 0 saturated heterocycles. The minimum atomic E-state index is -0.478. The van der Waals surface area contributed by atoms with Crippen molar-refractivity contribution in [1.29, 1.82) is 0 Å². The van der Waals surface area contributed by atoms with Gasteiger partial charge in [0.1, 0.15) is 5.69 Å². The third-order valence-corrected chi connectivity index (χ3v) is 6.27. The summed E-state index contributed by atoms with van der Waals surface area (Å²) in [6.45, 7) is 3.93. The number of methoxy groups -OCH3 is 1. The summed E-state index contributed by atoms with van der Waals surface area (Å²) in [4.78, 5) is 29.0. The molecule has 5 aromatic rings. The molecule has 7 nitrogen and oxygen atoms in total. The molecule has 0 radical (unpaired) electrons. The van der Waals surface area contributed by atoms with E-state index in [0.717, 1.165) is 33.2 Å². The third-order valence-electron chi connectivity index (χ3n) is 6.27. The van der Waals surface area contributed by atoms with Gasteiger partial charge in [-0.25, -0.2) is 10.2 Å². The zero-order valence-electron chi connectivity index (χ0n) is 21.8. The first-order valence-corrected chi connectivity index (χ1v) is 12.4. The van der Waals surface area contributed by atoms with Crippen LogP contribution in [0.2, 0.25) is 0 Å². The van der Waals surface area contributed by atoms with E-state index < -0.39 is 5.97 Å². The van der Waals surface area contributed by atoms with E-state index in [4.69, 9.17) is 9.47 Å². The van der Waals surface area contributed by atoms with Crippen molar-refractivity contribution in [3.8, 4) is 22.6 Å². The molecule has 0 atom stereocenters. The Bertz CT molecular complexity index is 1700. The van der Waals surface area contributed by atoms with Crippen molar-refractivity contribution < 1.29 is 19.1 Å². The average molecular weight is 518 g/mol. The summed E-state index contributed by atoms with van der Waals surface area (Å²) < 4.78 is 11.0. The van der Waals surface area contributed by atoms with Crippen molar-refractivity contribution in [3.05, 3.63) is 119 Å². The van der Waals surface area contributed by atoms with Crippen LogP contribution in [0.5, 0.6) is 11.5 Å². The van der Waals surface area contributed by atoms with E-state index in [1.54, 1.807) is 36.4 Å². The van der Waals surface area contributed by atoms with Crippen LogP contribution in [0.25, 0.3) is 22.0 Å². The summed E-state index contributed by atoms with van der Waals surface area (Å²) >= 11 is 0. The number of carbonyl (C=O) groups excluding carboxylic acids is 2. The average Bonchev–Trinajstić information content (AvgIpc) is 3.33. The van der Waals surface area contributed by atoms with Gasteiger partial charge in [-0.05, 0) is 67.4 Å². The number of esters is 1. The minimum absolute atomic E-state index is 0.283. The Balaban J connectivity index is 1.35. The van der Waals surface area contributed by atoms with Crippen molar-refractivity contribution in [2.75, 3.05) is 7.11 Å². The van der Waals surface area contributed by atoms with E-state index >= 15 is 0 Å². The van der Waals surface area contributed by atoms with Crippen molar-refractivity contribution in [2.24, 2.45) is 5.10 Å². The van der Waals surface area contributed by atoms with Crippen LogP contribution >= 0.6 is 0 Å². The standard InChI is InChI=1S/C32H27N3O4/c1-20-8-7-11-24(16-20)32(37)39-27-15-13-22(18-28(27)38-3)19-33-35-31(36)30-29(23-9-5-4-6-10-23)25-17-21(2)12-14-26(25)34-30/h4-19,34H,1-3H3,(H,35,36). The summed E-state index contributed by atoms with van der Waals surface area (Å²) in [6, 6.07) is 28.0. The molecule has 1 aromatic heterocycles. The number of aromatic amines is 1. The van der Waals surface area contributed by atoms with Gasteiger partial charge in [-0.3, -0.25) is 4.79 Å². The maximum absolute atomic E-state index is 13.2. The van der Waals surface area contributed by atoms with Gasteiger partial charge in [0.25, 0.3) is 5.91 Å². The first kappa shape index (κ1) is 25.5. The Hall–Kier alpha value is -5.17. The Morgan fingerprint density at radius 2 is 1.64 bits per heavy atom. The third kappa shape index (κ3) is 5.57. The Morgan fingerprint density at radius 1 is 0.846 bits per heavy atom. The SMILES string of the molecule is COc1cc(C=NNC(=O)c2[nH]c3ccc(C)cc3c2-c2ccccc2)ccc1OC(=O)c1cccc(C)c1. The maximum Gasteiger partial charge on any atom is 0.343 e. The van der Waals surface area contributed by atoms with Crippen molar-refractivity contribution >= 4 is 29.0 Å². The number of nitrogens with zero attached hydrogens (tertiary/aromatic N) is 1. The molecular weight excluding hydrogens is 490 g/mol. The van der Waals surface area contributed by atoms with Crippen molar-refractivity contribution in [2.45, 2.75) is 13.8 Å². The lowest BCUT2D eigenvalue weighted by Gasteiger charge is -2.10. The number of fused-ring (bicyclic) bond motifs is 1. The molecule has 0 fully saturated rings. The molecule has 0 aliphatic carbocycles. The topological polar surface area (TPSA) is 92.8 Å². The fourth-order valence-corrected chi connectivity index (χ4v) is 4.38. The second kappa shape index (κ2) is 11.1. The number of nitrogens with one attached hydrogen (secondary N) is 2. The van der Waals surface area contributed by atoms with Crippen LogP contribution in [0.15, 0.2) is 96.1 Å². The lowest BCUT2D eigenvalue weighted by molar-refractivity contribution is 0.0729. The molecule has 2 N–H and O–H groups in total. The zero-order chi connectivity index (χ0) is 27.4. The van der Waals surface area contributed by atoms with Gasteiger partial charge in [0.05, 0.1) is 18.9 Å². The number of aryl methyl sites for hydroxylation is 2. The van der Waals surface area contributed by atoms with Crippen LogP contribution in [-0.4, -0.2) is 30.2 Å². The first-order valence-electron chi connectivity index (χ1n) is 12.4. The second-order valence-corrected chi connectivity index (χ2v) is 9.16. The largest absolute Gasteiger partial charge is 0.493 e. The molecule has 1 heterocycles. The Morgan fingerprint density at radius 3 is 2.41 bits per heavy atom. The fourth-order valence-electron chi connectivity index (χ4n) is 4.38. The van der Waals surface area contributed by atoms with Gasteiger partial charge in [-0.2, -0.15) is 5.10 Å². The normalized spacial score (nSPS) is 11.1. The highest BCUT2D eigenvalue weighted by atomic mass is 16.6. The van der Waals surface area contributed by atoms with Gasteiger partial charge >= 0.3 is 5.97 Å². The number of ether oxygens (including phenoxy) is 2. The number of carbonyl (C=O) groups is 2. The predicted octanol–water partition coefficient (Wildman–Crippen LogP) is 6.44. The number of H-pyrrole nitrogens is 1. The molecule has 0 saturated carbocycles. The summed E-state index contributed by atoms with van der Waals surface area (Å²) in [5, 5.41) is 5.12. The minimum Gasteiger partial charge on any atom is -0.493 e. The van der Waals surface area contributed by atoms with Crippen LogP contribution < -0.4 is 14.9 Å². The highest BCUT2D eigenvalue weighted by Gasteiger charge is 2.19. The van der Waals surface area contributed by atoms with Gasteiger partial charge < -0.3 is 14.5 Å². The second-order valence-electron chi connectivity index (χ2n) is 9.16. The molecular formula is C32H27N3O4. The number of rotatable bonds is 7. The number of aromatic nitrogens is 1. The van der Waals surface area contributed by atoms with Crippen molar-refractivity contribution in [1.82, 2.24) is 10.4 Å². The van der Waals surface area contributed by atoms with Gasteiger partial charge in [0.15, 0.2) is 11.5 Å². The van der Waals surface area contributed by atoms with Crippen LogP contribution in [0.3, 0.4) is 0 Å². The molecule has 5 rings (SSSR count). The van der Waals surface area contributed by atoms with Crippen LogP contribution in [0.4, 0.5) is 0 Å². The monoisotopic (exact) mass is 517 g/mol. The molecule has 39 heavy (non-hydrogen) atoms. The van der Waals surface area contributed by atoms with E-state index in [2.05, 4.69) is 21.6 Å². The lowest BCUT2D eigenvalue weighted by Crippen LogP contribution is -2.18. The van der Waals surface area contributed by atoms with Crippen LogP contribution in [-0.2, 0) is 0 Å². The summed E-state index contributed by atoms with van der Waals surface area (Å²) in [5.41, 5.74) is 8.84. The van der Waals surface area contributed by atoms with Gasteiger partial charge in [0.2, 0.25) is 0 Å². The van der Waals surface area contributed by atoms with E-state index in [9.17, 15) is 9.59 Å². The Labute approximate surface area is 226 Å². The maximum atomic E-state index is 13.2. The fraction of sp³-hybridized carbons (Fsp3) is 0.0938. The molecule has 4 aromatic carbocycles. The molecule has 0 spiro atoms. The number of amides is 1. The quantitative estimate of drug-likeness (QED) is 0.112. The van der Waals surface area contributed by atoms with Crippen LogP contribution in [0.1, 0.15) is 37.5 Å². The summed E-state index contributed by atoms with van der Waals surface area (Å²) in [7, 11) is 1.49. The van der Waals surface area contributed by atoms with E-state index in [-0.39, 0.29) is 11.7 Å². The van der Waals surface area contributed by atoms with Gasteiger partial charge in [-0.15, -0.1) is 0 Å². The van der Waals surface area contributed by atoms with E-state index in [0.29, 0.717) is 22.6 Å². The molecule has 7 heteroatoms. The Kier molecular flexibility index (Phi) is 7.23. The van der Waals surface area contributed by atoms with E-state index in [1.807, 2.05) is 62.4 Å². The highest BCUT2D eigenvalue weighted by molar-refractivity contribution is 6.10. The smallest absolute Gasteiger partial charge is 0.343 e. The molecule has 0 bridgehead atoms. The number of hydrazone groups is 1. The predicted molar refractivity (Wildman–Crippen MR) is 153 cm³/mol. The molecule has 0 unspecified atom stereocenters. The first-order chi connectivity index (χ1) is 18.9. The summed E-state index contributed by atoms with van der Waals surface area (Å²) in [5.74, 6) is -0.197. The molecule has 0 aliphatic heterocycles. The van der Waals surface area contributed by atoms with Gasteiger partial charge in [0, 0.05) is 16.5 Å². The van der Waals surface area contributed by atoms with E-state index in [1.165, 1.54) is 13.3 Å². The number of benzene rings is 4. The molecule has 0 aliphatic rings. The van der Waals surface area contributed by atoms with Gasteiger partial charge in [-0.1, -0.05) is 59.7 Å². The zero-order valence-corrected chi connectivity index (χ0v) is 21.8. The van der Waals surface area contributed by atoms with Crippen LogP contribution in [0, 0.1) is 13.8 Å². The number of hydrogen-bond acceptors (Lipinski definition) is 5. The molecule has 1 amide bonds. The number of hydrogen-bond donors (Lipinski definition) is 2. The lowest BCUT2D eigenvalue weighted by atomic mass is 10.0. The molecule has 194 valence electrons. The summed E-state index contributed by atoms with van der Waals surface area (Å²) in [6.07, 6.45) is 1.50. The highest BCUT2D eigenvalue weighted by Crippen LogP contribution is 2.33. The van der Waals surface area contributed by atoms with Crippen molar-refractivity contribution in [3.63, 3.8) is 0 Å².